The summed E-state index contributed by atoms with van der Waals surface area (Å²) in [5.41, 5.74) is 0.830. The van der Waals surface area contributed by atoms with Gasteiger partial charge in [-0.15, -0.1) is 11.3 Å². The first-order chi connectivity index (χ1) is 15.7. The Bertz CT molecular complexity index is 1010. The SMILES string of the molecule is CC(C)N1CCN(c2cnc(-c3ccc(C#N)s3)cn2)CC1.O=C(C(=O)C(F)(F)F)C(F)(F)F. The molecule has 7 nitrogen and oxygen atoms in total. The van der Waals surface area contributed by atoms with Gasteiger partial charge >= 0.3 is 23.9 Å². The number of ketones is 2. The second-order valence-corrected chi connectivity index (χ2v) is 8.39. The lowest BCUT2D eigenvalue weighted by Crippen LogP contribution is -2.49. The fourth-order valence-electron chi connectivity index (χ4n) is 2.87. The molecule has 0 bridgehead atoms. The molecule has 0 unspecified atom stereocenters. The van der Waals surface area contributed by atoms with Crippen molar-refractivity contribution < 1.29 is 35.9 Å². The molecule has 0 aliphatic carbocycles. The summed E-state index contributed by atoms with van der Waals surface area (Å²) in [6.07, 6.45) is -7.90. The average Bonchev–Trinajstić information content (AvgIpc) is 3.27. The highest BCUT2D eigenvalue weighted by molar-refractivity contribution is 7.15. The van der Waals surface area contributed by atoms with Crippen LogP contribution >= 0.6 is 11.3 Å². The van der Waals surface area contributed by atoms with Crippen molar-refractivity contribution >= 4 is 28.7 Å². The Balaban J connectivity index is 0.000000292. The normalized spacial score (nSPS) is 14.9. The largest absolute Gasteiger partial charge is 0.458 e. The number of carbonyl (C=O) groups is 2. The third kappa shape index (κ3) is 7.22. The van der Waals surface area contributed by atoms with E-state index < -0.39 is 23.9 Å². The van der Waals surface area contributed by atoms with Crippen LogP contribution in [0, 0.1) is 11.3 Å². The lowest BCUT2D eigenvalue weighted by atomic mass is 10.2. The van der Waals surface area contributed by atoms with Crippen molar-refractivity contribution in [3.05, 3.63) is 29.4 Å². The number of carbonyl (C=O) groups excluding carboxylic acids is 2. The van der Waals surface area contributed by atoms with Gasteiger partial charge in [0.05, 0.1) is 23.0 Å². The Morgan fingerprint density at radius 1 is 0.971 bits per heavy atom. The summed E-state index contributed by atoms with van der Waals surface area (Å²) in [4.78, 5) is 34.7. The van der Waals surface area contributed by atoms with E-state index in [2.05, 4.69) is 39.7 Å². The summed E-state index contributed by atoms with van der Waals surface area (Å²) in [7, 11) is 0. The standard InChI is InChI=1S/C16H19N5S.C4F6O2/c1-12(2)20-5-7-21(8-6-20)16-11-18-14(10-19-16)15-4-3-13(9-17)22-15;5-3(6,7)1(11)2(12)4(8,9)10/h3-4,10-12H,5-8H2,1-2H3;. The van der Waals surface area contributed by atoms with E-state index in [1.165, 1.54) is 11.3 Å². The quantitative estimate of drug-likeness (QED) is 0.459. The predicted molar refractivity (Wildman–Crippen MR) is 111 cm³/mol. The van der Waals surface area contributed by atoms with Crippen LogP contribution in [0.2, 0.25) is 0 Å². The molecular formula is C20H19F6N5O2S. The third-order valence-electron chi connectivity index (χ3n) is 4.70. The number of nitriles is 1. The summed E-state index contributed by atoms with van der Waals surface area (Å²) in [6.45, 7) is 8.59. The van der Waals surface area contributed by atoms with Gasteiger partial charge in [0.15, 0.2) is 0 Å². The summed E-state index contributed by atoms with van der Waals surface area (Å²) < 4.78 is 67.0. The molecule has 0 atom stereocenters. The van der Waals surface area contributed by atoms with Gasteiger partial charge in [-0.05, 0) is 26.0 Å². The van der Waals surface area contributed by atoms with Gasteiger partial charge in [-0.1, -0.05) is 0 Å². The molecule has 0 aromatic carbocycles. The van der Waals surface area contributed by atoms with Crippen molar-refractivity contribution in [2.24, 2.45) is 0 Å². The van der Waals surface area contributed by atoms with E-state index in [1.54, 1.807) is 6.20 Å². The van der Waals surface area contributed by atoms with Gasteiger partial charge in [-0.25, -0.2) is 9.97 Å². The number of hydrogen-bond acceptors (Lipinski definition) is 8. The minimum Gasteiger partial charge on any atom is -0.353 e. The Labute approximate surface area is 194 Å². The van der Waals surface area contributed by atoms with Crippen molar-refractivity contribution in [3.8, 4) is 16.6 Å². The molecule has 3 heterocycles. The minimum absolute atomic E-state index is 0.601. The van der Waals surface area contributed by atoms with Crippen LogP contribution in [0.5, 0.6) is 0 Å². The molecule has 2 aromatic rings. The highest BCUT2D eigenvalue weighted by Gasteiger charge is 2.54. The smallest absolute Gasteiger partial charge is 0.353 e. The summed E-state index contributed by atoms with van der Waals surface area (Å²) >= 11 is 1.45. The molecule has 0 radical (unpaired) electrons. The second-order valence-electron chi connectivity index (χ2n) is 7.31. The average molecular weight is 507 g/mol. The molecule has 0 saturated carbocycles. The lowest BCUT2D eigenvalue weighted by Gasteiger charge is -2.37. The molecule has 1 fully saturated rings. The first-order valence-electron chi connectivity index (χ1n) is 9.78. The molecule has 0 spiro atoms. The van der Waals surface area contributed by atoms with E-state index in [0.717, 1.165) is 42.6 Å². The maximum absolute atomic E-state index is 11.2. The lowest BCUT2D eigenvalue weighted by molar-refractivity contribution is -0.193. The number of thiophene rings is 1. The van der Waals surface area contributed by atoms with E-state index in [9.17, 15) is 35.9 Å². The fourth-order valence-corrected chi connectivity index (χ4v) is 3.64. The maximum Gasteiger partial charge on any atom is 0.458 e. The Hall–Kier alpha value is -3.05. The number of alkyl halides is 6. The fraction of sp³-hybridized carbons (Fsp3) is 0.450. The molecule has 3 rings (SSSR count). The van der Waals surface area contributed by atoms with Gasteiger partial charge < -0.3 is 4.90 Å². The number of rotatable bonds is 4. The van der Waals surface area contributed by atoms with Gasteiger partial charge in [-0.2, -0.15) is 31.6 Å². The summed E-state index contributed by atoms with van der Waals surface area (Å²) in [5.74, 6) is -5.88. The van der Waals surface area contributed by atoms with Crippen molar-refractivity contribution in [3.63, 3.8) is 0 Å². The first-order valence-corrected chi connectivity index (χ1v) is 10.6. The number of Topliss-reactive ketones (excluding diaryl/α,β-unsaturated/α-hetero) is 2. The molecule has 1 aliphatic heterocycles. The van der Waals surface area contributed by atoms with Crippen molar-refractivity contribution in [2.45, 2.75) is 32.2 Å². The molecule has 34 heavy (non-hydrogen) atoms. The first kappa shape index (κ1) is 27.2. The Morgan fingerprint density at radius 3 is 1.91 bits per heavy atom. The molecule has 1 saturated heterocycles. The highest BCUT2D eigenvalue weighted by Crippen LogP contribution is 2.26. The van der Waals surface area contributed by atoms with E-state index in [-0.39, 0.29) is 0 Å². The van der Waals surface area contributed by atoms with Gasteiger partial charge in [0, 0.05) is 32.2 Å². The van der Waals surface area contributed by atoms with Crippen LogP contribution in [-0.2, 0) is 9.59 Å². The van der Waals surface area contributed by atoms with Crippen LogP contribution in [0.1, 0.15) is 18.7 Å². The maximum atomic E-state index is 11.2. The molecule has 1 aliphatic rings. The van der Waals surface area contributed by atoms with Gasteiger partial charge in [0.2, 0.25) is 0 Å². The monoisotopic (exact) mass is 507 g/mol. The minimum atomic E-state index is -5.77. The molecular weight excluding hydrogens is 488 g/mol. The third-order valence-corrected chi connectivity index (χ3v) is 5.71. The summed E-state index contributed by atoms with van der Waals surface area (Å²) in [5, 5.41) is 8.89. The van der Waals surface area contributed by atoms with Crippen LogP contribution in [0.3, 0.4) is 0 Å². The second kappa shape index (κ2) is 10.9. The number of anilines is 1. The highest BCUT2D eigenvalue weighted by atomic mass is 32.1. The number of hydrogen-bond donors (Lipinski definition) is 0. The van der Waals surface area contributed by atoms with E-state index in [4.69, 9.17) is 5.26 Å². The van der Waals surface area contributed by atoms with Crippen LogP contribution < -0.4 is 4.90 Å². The van der Waals surface area contributed by atoms with Gasteiger partial charge in [-0.3, -0.25) is 14.5 Å². The van der Waals surface area contributed by atoms with Crippen LogP contribution in [-0.4, -0.2) is 71.0 Å². The number of halogens is 6. The van der Waals surface area contributed by atoms with Crippen LogP contribution in [0.4, 0.5) is 32.2 Å². The predicted octanol–water partition coefficient (Wildman–Crippen LogP) is 3.86. The van der Waals surface area contributed by atoms with Gasteiger partial charge in [0.1, 0.15) is 16.8 Å². The molecule has 184 valence electrons. The molecule has 0 amide bonds. The summed E-state index contributed by atoms with van der Waals surface area (Å²) in [6, 6.07) is 6.50. The van der Waals surface area contributed by atoms with Crippen molar-refractivity contribution in [2.75, 3.05) is 31.1 Å². The zero-order chi connectivity index (χ0) is 25.7. The number of aromatic nitrogens is 2. The van der Waals surface area contributed by atoms with Crippen molar-refractivity contribution in [1.29, 1.82) is 5.26 Å². The number of nitrogens with zero attached hydrogens (tertiary/aromatic N) is 5. The molecule has 0 N–H and O–H groups in total. The Morgan fingerprint density at radius 2 is 1.53 bits per heavy atom. The Kier molecular flexibility index (Phi) is 8.73. The van der Waals surface area contributed by atoms with E-state index in [0.29, 0.717) is 10.9 Å². The zero-order valence-corrected chi connectivity index (χ0v) is 18.8. The van der Waals surface area contributed by atoms with Crippen LogP contribution in [0.25, 0.3) is 10.6 Å². The van der Waals surface area contributed by atoms with E-state index >= 15 is 0 Å². The zero-order valence-electron chi connectivity index (χ0n) is 17.9. The van der Waals surface area contributed by atoms with E-state index in [1.807, 2.05) is 18.3 Å². The molecule has 2 aromatic heterocycles. The van der Waals surface area contributed by atoms with Crippen LogP contribution in [0.15, 0.2) is 24.5 Å². The number of piperazine rings is 1. The topological polar surface area (TPSA) is 90.2 Å². The van der Waals surface area contributed by atoms with Gasteiger partial charge in [0.25, 0.3) is 0 Å². The molecule has 14 heteroatoms. The van der Waals surface area contributed by atoms with Crippen molar-refractivity contribution in [1.82, 2.24) is 14.9 Å².